The van der Waals surface area contributed by atoms with Gasteiger partial charge < -0.3 is 13.2 Å². The second kappa shape index (κ2) is 11.7. The van der Waals surface area contributed by atoms with E-state index in [9.17, 15) is 0 Å². The minimum absolute atomic E-state index is 0.00519. The van der Waals surface area contributed by atoms with Gasteiger partial charge in [-0.15, -0.1) is 0 Å². The van der Waals surface area contributed by atoms with Crippen LogP contribution in [-0.2, 0) is 27.1 Å². The van der Waals surface area contributed by atoms with E-state index in [1.807, 2.05) is 0 Å². The summed E-state index contributed by atoms with van der Waals surface area (Å²) in [6, 6.07) is 39.5. The zero-order chi connectivity index (χ0) is 45.6. The van der Waals surface area contributed by atoms with E-state index < -0.39 is 0 Å². The van der Waals surface area contributed by atoms with Crippen molar-refractivity contribution in [2.45, 2.75) is 131 Å². The molecule has 6 aromatic heterocycles. The van der Waals surface area contributed by atoms with E-state index in [1.165, 1.54) is 142 Å². The second-order valence-corrected chi connectivity index (χ2v) is 25.2. The molecule has 3 heteroatoms. The number of benzene rings is 7. The Labute approximate surface area is 381 Å². The van der Waals surface area contributed by atoms with Crippen LogP contribution in [0.15, 0.2) is 97.1 Å². The van der Waals surface area contributed by atoms with Crippen molar-refractivity contribution >= 4 is 114 Å². The third-order valence-corrected chi connectivity index (χ3v) is 15.8. The van der Waals surface area contributed by atoms with Gasteiger partial charge in [0, 0.05) is 64.6 Å². The monoisotopic (exact) mass is 847 g/mol. The molecule has 0 N–H and O–H groups in total. The van der Waals surface area contributed by atoms with Crippen molar-refractivity contribution in [1.82, 2.24) is 13.2 Å². The summed E-state index contributed by atoms with van der Waals surface area (Å²) in [5.41, 5.74) is 18.7. The molecule has 324 valence electrons. The van der Waals surface area contributed by atoms with Crippen LogP contribution in [0.2, 0.25) is 0 Å². The first-order valence-electron chi connectivity index (χ1n) is 24.0. The van der Waals surface area contributed by atoms with Gasteiger partial charge in [-0.3, -0.25) is 0 Å². The molecule has 0 bridgehead atoms. The van der Waals surface area contributed by atoms with E-state index in [2.05, 4.69) is 214 Å². The van der Waals surface area contributed by atoms with Crippen LogP contribution in [0.4, 0.5) is 0 Å². The zero-order valence-corrected chi connectivity index (χ0v) is 41.1. The molecule has 0 radical (unpaired) electrons. The molecule has 0 saturated heterocycles. The Morgan fingerprint density at radius 3 is 0.938 bits per heavy atom. The lowest BCUT2D eigenvalue weighted by atomic mass is 9.84. The molecule has 0 aliphatic heterocycles. The van der Waals surface area contributed by atoms with Crippen LogP contribution in [0.3, 0.4) is 0 Å². The Balaban J connectivity index is 1.30. The predicted octanol–water partition coefficient (Wildman–Crippen LogP) is 17.6. The fourth-order valence-electron chi connectivity index (χ4n) is 12.0. The molecule has 0 aliphatic rings. The highest BCUT2D eigenvalue weighted by Crippen LogP contribution is 2.53. The van der Waals surface area contributed by atoms with Crippen molar-refractivity contribution < 1.29 is 0 Å². The van der Waals surface area contributed by atoms with E-state index in [-0.39, 0.29) is 27.1 Å². The van der Waals surface area contributed by atoms with E-state index >= 15 is 0 Å². The molecular weight excluding hydrogens is 787 g/mol. The Kier molecular flexibility index (Phi) is 7.05. The van der Waals surface area contributed by atoms with Crippen LogP contribution in [0.25, 0.3) is 114 Å². The molecule has 0 spiro atoms. The summed E-state index contributed by atoms with van der Waals surface area (Å²) in [6.45, 7) is 35.3. The van der Waals surface area contributed by atoms with Crippen molar-refractivity contribution in [2.24, 2.45) is 0 Å². The van der Waals surface area contributed by atoms with Gasteiger partial charge in [0.2, 0.25) is 0 Å². The quantitative estimate of drug-likeness (QED) is 0.144. The molecular formula is C62H61N3. The van der Waals surface area contributed by atoms with E-state index in [0.717, 1.165) is 0 Å². The van der Waals surface area contributed by atoms with Crippen LogP contribution in [-0.4, -0.2) is 13.2 Å². The Morgan fingerprint density at radius 2 is 0.523 bits per heavy atom. The Bertz CT molecular complexity index is 4220. The summed E-state index contributed by atoms with van der Waals surface area (Å²) in [4.78, 5) is 0. The Morgan fingerprint density at radius 1 is 0.231 bits per heavy atom. The van der Waals surface area contributed by atoms with Gasteiger partial charge in [-0.1, -0.05) is 122 Å². The molecule has 6 heterocycles. The maximum absolute atomic E-state index is 2.64. The fourth-order valence-corrected chi connectivity index (χ4v) is 12.0. The van der Waals surface area contributed by atoms with Crippen LogP contribution < -0.4 is 0 Å². The van der Waals surface area contributed by atoms with Gasteiger partial charge in [0.05, 0.1) is 49.7 Å². The summed E-state index contributed by atoms with van der Waals surface area (Å²) in [6.07, 6.45) is 0. The molecule has 0 amide bonds. The molecule has 13 rings (SSSR count). The molecule has 0 saturated carbocycles. The lowest BCUT2D eigenvalue weighted by Crippen LogP contribution is -2.11. The van der Waals surface area contributed by atoms with Crippen molar-refractivity contribution in [3.05, 3.63) is 125 Å². The summed E-state index contributed by atoms with van der Waals surface area (Å²) >= 11 is 0. The third-order valence-electron chi connectivity index (χ3n) is 15.8. The highest BCUT2D eigenvalue weighted by molar-refractivity contribution is 6.41. The number of hydrogen-bond donors (Lipinski definition) is 0. The summed E-state index contributed by atoms with van der Waals surface area (Å²) < 4.78 is 7.88. The highest BCUT2D eigenvalue weighted by Gasteiger charge is 2.32. The van der Waals surface area contributed by atoms with Crippen molar-refractivity contribution in [2.75, 3.05) is 0 Å². The first-order valence-corrected chi connectivity index (χ1v) is 24.0. The smallest absolute Gasteiger partial charge is 0.0628 e. The second-order valence-electron chi connectivity index (χ2n) is 25.2. The Hall–Kier alpha value is -6.06. The average Bonchev–Trinajstić information content (AvgIpc) is 4.04. The maximum Gasteiger partial charge on any atom is 0.0628 e. The standard InChI is InChI=1S/C62H61N3/c1-58(2,3)32-16-19-45-37(24-32)39-27-35(61(10,11)12)29-42-51-48(63(45)55(39)42)22-23-49-52(51)44-31-50-53(54-41-26-34(60(7,8)9)18-21-47(41)64(49)57(44)54)43-30-36(62(13,14)15)28-40-38-25-33(59(4,5)6)17-20-46(38)65(50)56(40)43/h16-31H,1-15H3. The zero-order valence-electron chi connectivity index (χ0n) is 41.1. The third kappa shape index (κ3) is 4.92. The van der Waals surface area contributed by atoms with Crippen molar-refractivity contribution in [3.63, 3.8) is 0 Å². The topological polar surface area (TPSA) is 13.2 Å². The molecule has 65 heavy (non-hydrogen) atoms. The number of fused-ring (bicyclic) bond motifs is 20. The normalized spacial score (nSPS) is 14.4. The first-order chi connectivity index (χ1) is 30.4. The van der Waals surface area contributed by atoms with Gasteiger partial charge in [0.15, 0.2) is 0 Å². The maximum atomic E-state index is 2.64. The molecule has 0 fully saturated rings. The first kappa shape index (κ1) is 39.3. The molecule has 3 nitrogen and oxygen atoms in total. The van der Waals surface area contributed by atoms with Gasteiger partial charge in [0.1, 0.15) is 0 Å². The van der Waals surface area contributed by atoms with Gasteiger partial charge in [0.25, 0.3) is 0 Å². The number of rotatable bonds is 0. The summed E-state index contributed by atoms with van der Waals surface area (Å²) in [5, 5.41) is 16.3. The largest absolute Gasteiger partial charge is 0.308 e. The average molecular weight is 848 g/mol. The van der Waals surface area contributed by atoms with Crippen LogP contribution in [0.5, 0.6) is 0 Å². The molecule has 13 aromatic rings. The van der Waals surface area contributed by atoms with Crippen molar-refractivity contribution in [3.8, 4) is 0 Å². The van der Waals surface area contributed by atoms with Crippen LogP contribution in [0, 0.1) is 0 Å². The summed E-state index contributed by atoms with van der Waals surface area (Å²) in [5.74, 6) is 0. The van der Waals surface area contributed by atoms with Gasteiger partial charge in [-0.05, 0) is 134 Å². The van der Waals surface area contributed by atoms with Gasteiger partial charge in [-0.25, -0.2) is 0 Å². The van der Waals surface area contributed by atoms with Gasteiger partial charge >= 0.3 is 0 Å². The lowest BCUT2D eigenvalue weighted by Gasteiger charge is -2.20. The summed E-state index contributed by atoms with van der Waals surface area (Å²) in [7, 11) is 0. The van der Waals surface area contributed by atoms with Crippen LogP contribution in [0.1, 0.15) is 132 Å². The van der Waals surface area contributed by atoms with Crippen molar-refractivity contribution in [1.29, 1.82) is 0 Å². The van der Waals surface area contributed by atoms with Gasteiger partial charge in [-0.2, -0.15) is 0 Å². The van der Waals surface area contributed by atoms with E-state index in [4.69, 9.17) is 0 Å². The number of aromatic nitrogens is 3. The SMILES string of the molecule is CC(C)(C)c1ccc2c(c1)c1cc(C(C)(C)C)cc3c4c5c6cc7c(c8cc(C(C)(C)C)cc9c%10cc(C(C)(C)C)ccc%10n7c98)c7c8cc(C(C)(C)C)ccc8n(c5ccc4n2c13)c67. The van der Waals surface area contributed by atoms with E-state index in [1.54, 1.807) is 0 Å². The molecule has 0 unspecified atom stereocenters. The highest BCUT2D eigenvalue weighted by atomic mass is 15.0. The number of nitrogens with zero attached hydrogens (tertiary/aromatic N) is 3. The predicted molar refractivity (Wildman–Crippen MR) is 284 cm³/mol. The molecule has 0 aliphatic carbocycles. The fraction of sp³-hybridized carbons (Fsp3) is 0.323. The molecule has 7 aromatic carbocycles. The van der Waals surface area contributed by atoms with E-state index in [0.29, 0.717) is 0 Å². The minimum atomic E-state index is -0.0279. The van der Waals surface area contributed by atoms with Crippen LogP contribution >= 0.6 is 0 Å². The molecule has 0 atom stereocenters. The number of hydrogen-bond acceptors (Lipinski definition) is 0. The lowest BCUT2D eigenvalue weighted by molar-refractivity contribution is 0.590. The minimum Gasteiger partial charge on any atom is -0.308 e.